The fraction of sp³-hybridized carbons (Fsp3) is 0.600. The zero-order valence-electron chi connectivity index (χ0n) is 8.10. The van der Waals surface area contributed by atoms with Crippen LogP contribution in [0.2, 0.25) is 0 Å². The lowest BCUT2D eigenvalue weighted by molar-refractivity contribution is -0.160. The first-order chi connectivity index (χ1) is 6.72. The average molecular weight is 195 g/mol. The maximum absolute atomic E-state index is 11.5. The van der Waals surface area contributed by atoms with E-state index in [0.717, 1.165) is 6.42 Å². The molecule has 2 atom stereocenters. The predicted molar refractivity (Wildman–Crippen MR) is 49.4 cm³/mol. The molecule has 1 heterocycles. The maximum atomic E-state index is 11.5. The van der Waals surface area contributed by atoms with Gasteiger partial charge >= 0.3 is 11.9 Å². The molecule has 2 bridgehead atoms. The van der Waals surface area contributed by atoms with Crippen LogP contribution < -0.4 is 0 Å². The molecule has 0 N–H and O–H groups in total. The van der Waals surface area contributed by atoms with E-state index in [1.54, 1.807) is 11.8 Å². The molecular formula is C10H13NO3. The van der Waals surface area contributed by atoms with Gasteiger partial charge in [-0.05, 0) is 19.3 Å². The van der Waals surface area contributed by atoms with Gasteiger partial charge in [-0.15, -0.1) is 0 Å². The molecular weight excluding hydrogens is 182 g/mol. The van der Waals surface area contributed by atoms with Crippen molar-refractivity contribution < 1.29 is 14.3 Å². The highest BCUT2D eigenvalue weighted by atomic mass is 16.5. The summed E-state index contributed by atoms with van der Waals surface area (Å²) in [5, 5.41) is 0. The van der Waals surface area contributed by atoms with E-state index in [-0.39, 0.29) is 12.6 Å². The third-order valence-corrected chi connectivity index (χ3v) is 2.69. The number of ether oxygens (including phenoxy) is 1. The molecule has 2 aliphatic rings. The first kappa shape index (κ1) is 9.24. The Kier molecular flexibility index (Phi) is 2.27. The number of likely N-dealkylation sites (tertiary alicyclic amines) is 1. The number of carbonyl (C=O) groups is 2. The van der Waals surface area contributed by atoms with Crippen LogP contribution in [0.25, 0.3) is 0 Å². The third kappa shape index (κ3) is 1.41. The van der Waals surface area contributed by atoms with E-state index in [4.69, 9.17) is 0 Å². The Balaban J connectivity index is 1.99. The van der Waals surface area contributed by atoms with Crippen molar-refractivity contribution in [1.29, 1.82) is 0 Å². The Morgan fingerprint density at radius 3 is 2.79 bits per heavy atom. The molecule has 2 unspecified atom stereocenters. The van der Waals surface area contributed by atoms with Crippen molar-refractivity contribution >= 4 is 11.9 Å². The molecule has 1 fully saturated rings. The summed E-state index contributed by atoms with van der Waals surface area (Å²) in [6.07, 6.45) is 5.07. The van der Waals surface area contributed by atoms with Crippen LogP contribution >= 0.6 is 0 Å². The van der Waals surface area contributed by atoms with Gasteiger partial charge in [-0.3, -0.25) is 4.79 Å². The predicted octanol–water partition coefficient (Wildman–Crippen LogP) is 0.336. The summed E-state index contributed by atoms with van der Waals surface area (Å²) in [7, 11) is 0. The zero-order chi connectivity index (χ0) is 10.1. The fourth-order valence-electron chi connectivity index (χ4n) is 2.05. The van der Waals surface area contributed by atoms with Crippen molar-refractivity contribution in [1.82, 2.24) is 4.90 Å². The molecule has 0 spiro atoms. The minimum Gasteiger partial charge on any atom is -0.459 e. The Labute approximate surface area is 82.5 Å². The lowest BCUT2D eigenvalue weighted by Gasteiger charge is -2.22. The number of fused-ring (bicyclic) bond motifs is 2. The number of nitrogens with zero attached hydrogens (tertiary/aromatic N) is 1. The molecule has 1 saturated heterocycles. The van der Waals surface area contributed by atoms with Crippen molar-refractivity contribution in [3.05, 3.63) is 12.2 Å². The standard InChI is InChI=1S/C10H13NO3/c1-2-14-10(13)9(12)11-6-7-3-4-8(11)5-7/h3-4,7-8H,2,5-6H2,1H3. The topological polar surface area (TPSA) is 46.6 Å². The van der Waals surface area contributed by atoms with Crippen LogP contribution in [0.15, 0.2) is 12.2 Å². The fourth-order valence-corrected chi connectivity index (χ4v) is 2.05. The second-order valence-corrected chi connectivity index (χ2v) is 3.63. The van der Waals surface area contributed by atoms with Gasteiger partial charge in [0.2, 0.25) is 0 Å². The van der Waals surface area contributed by atoms with Gasteiger partial charge in [-0.2, -0.15) is 0 Å². The number of esters is 1. The molecule has 4 heteroatoms. The molecule has 1 aliphatic heterocycles. The summed E-state index contributed by atoms with van der Waals surface area (Å²) in [6.45, 7) is 2.61. The highest BCUT2D eigenvalue weighted by molar-refractivity contribution is 6.32. The lowest BCUT2D eigenvalue weighted by Crippen LogP contribution is -2.41. The molecule has 1 aliphatic carbocycles. The van der Waals surface area contributed by atoms with Crippen LogP contribution in [0, 0.1) is 5.92 Å². The summed E-state index contributed by atoms with van der Waals surface area (Å²) in [5.74, 6) is -0.782. The lowest BCUT2D eigenvalue weighted by atomic mass is 10.2. The zero-order valence-corrected chi connectivity index (χ0v) is 8.10. The molecule has 14 heavy (non-hydrogen) atoms. The molecule has 0 aromatic heterocycles. The summed E-state index contributed by atoms with van der Waals surface area (Å²) < 4.78 is 4.67. The van der Waals surface area contributed by atoms with Gasteiger partial charge in [0.15, 0.2) is 0 Å². The molecule has 0 aromatic rings. The van der Waals surface area contributed by atoms with Gasteiger partial charge in [0, 0.05) is 6.54 Å². The maximum Gasteiger partial charge on any atom is 0.397 e. The third-order valence-electron chi connectivity index (χ3n) is 2.69. The van der Waals surface area contributed by atoms with Crippen LogP contribution in [0.3, 0.4) is 0 Å². The summed E-state index contributed by atoms with van der Waals surface area (Å²) in [5.41, 5.74) is 0. The van der Waals surface area contributed by atoms with E-state index in [1.165, 1.54) is 0 Å². The van der Waals surface area contributed by atoms with Crippen molar-refractivity contribution in [3.63, 3.8) is 0 Å². The van der Waals surface area contributed by atoms with Crippen molar-refractivity contribution in [2.75, 3.05) is 13.2 Å². The van der Waals surface area contributed by atoms with E-state index in [2.05, 4.69) is 10.8 Å². The van der Waals surface area contributed by atoms with Crippen LogP contribution in [0.1, 0.15) is 13.3 Å². The van der Waals surface area contributed by atoms with Crippen molar-refractivity contribution in [2.24, 2.45) is 5.92 Å². The Hall–Kier alpha value is -1.32. The van der Waals surface area contributed by atoms with E-state index >= 15 is 0 Å². The first-order valence-corrected chi connectivity index (χ1v) is 4.88. The number of carbonyl (C=O) groups excluding carboxylic acids is 2. The second-order valence-electron chi connectivity index (χ2n) is 3.63. The van der Waals surface area contributed by atoms with Gasteiger partial charge in [0.1, 0.15) is 0 Å². The molecule has 76 valence electrons. The molecule has 0 saturated carbocycles. The molecule has 4 nitrogen and oxygen atoms in total. The number of hydrogen-bond acceptors (Lipinski definition) is 3. The van der Waals surface area contributed by atoms with Crippen molar-refractivity contribution in [2.45, 2.75) is 19.4 Å². The van der Waals surface area contributed by atoms with Gasteiger partial charge in [0.05, 0.1) is 12.6 Å². The van der Waals surface area contributed by atoms with Crippen LogP contribution in [-0.2, 0) is 14.3 Å². The minimum atomic E-state index is -0.728. The van der Waals surface area contributed by atoms with Crippen LogP contribution in [-0.4, -0.2) is 36.0 Å². The van der Waals surface area contributed by atoms with Crippen molar-refractivity contribution in [3.8, 4) is 0 Å². The van der Waals surface area contributed by atoms with E-state index in [1.807, 2.05) is 6.08 Å². The highest BCUT2D eigenvalue weighted by Crippen LogP contribution is 2.31. The number of hydrogen-bond donors (Lipinski definition) is 0. The van der Waals surface area contributed by atoms with E-state index in [0.29, 0.717) is 12.5 Å². The summed E-state index contributed by atoms with van der Waals surface area (Å²) in [6, 6.07) is 0.122. The molecule has 0 radical (unpaired) electrons. The summed E-state index contributed by atoms with van der Waals surface area (Å²) >= 11 is 0. The Bertz CT molecular complexity index is 298. The number of rotatable bonds is 1. The molecule has 0 aromatic carbocycles. The highest BCUT2D eigenvalue weighted by Gasteiger charge is 2.39. The Morgan fingerprint density at radius 1 is 1.50 bits per heavy atom. The first-order valence-electron chi connectivity index (χ1n) is 4.88. The SMILES string of the molecule is CCOC(=O)C(=O)N1CC2C=CC1C2. The second kappa shape index (κ2) is 3.44. The normalized spacial score (nSPS) is 28.2. The molecule has 1 amide bonds. The van der Waals surface area contributed by atoms with Gasteiger partial charge in [-0.1, -0.05) is 12.2 Å². The smallest absolute Gasteiger partial charge is 0.397 e. The summed E-state index contributed by atoms with van der Waals surface area (Å²) in [4.78, 5) is 24.3. The van der Waals surface area contributed by atoms with Crippen LogP contribution in [0.5, 0.6) is 0 Å². The van der Waals surface area contributed by atoms with Gasteiger partial charge in [-0.25, -0.2) is 4.79 Å². The largest absolute Gasteiger partial charge is 0.459 e. The van der Waals surface area contributed by atoms with E-state index in [9.17, 15) is 9.59 Å². The molecule has 2 rings (SSSR count). The van der Waals surface area contributed by atoms with Gasteiger partial charge < -0.3 is 9.64 Å². The minimum absolute atomic E-state index is 0.122. The monoisotopic (exact) mass is 195 g/mol. The van der Waals surface area contributed by atoms with Gasteiger partial charge in [0.25, 0.3) is 0 Å². The average Bonchev–Trinajstić information content (AvgIpc) is 2.77. The Morgan fingerprint density at radius 2 is 2.29 bits per heavy atom. The number of amides is 1. The quantitative estimate of drug-likeness (QED) is 0.344. The van der Waals surface area contributed by atoms with Crippen LogP contribution in [0.4, 0.5) is 0 Å². The van der Waals surface area contributed by atoms with E-state index < -0.39 is 11.9 Å².